The Morgan fingerprint density at radius 1 is 1.29 bits per heavy atom. The molecule has 0 amide bonds. The molecule has 0 aliphatic carbocycles. The maximum Gasteiger partial charge on any atom is 0.450 e. The first-order valence-electron chi connectivity index (χ1n) is 5.16. The highest BCUT2D eigenvalue weighted by Gasteiger charge is 2.39. The van der Waals surface area contributed by atoms with Gasteiger partial charge in [0.1, 0.15) is 6.42 Å². The van der Waals surface area contributed by atoms with E-state index in [1.54, 1.807) is 0 Å². The lowest BCUT2D eigenvalue weighted by atomic mass is 10.3. The monoisotopic (exact) mass is 257 g/mol. The average Bonchev–Trinajstić information content (AvgIpc) is 2.17. The van der Waals surface area contributed by atoms with Gasteiger partial charge in [0.15, 0.2) is 0 Å². The standard InChI is InChI=1S/C6H7F3O3.C4H11N/c1-2-12-5(11)3-4(10)6(7,8)9;1-3-4(2)5/h2-3H2,1H3;4H,3,5H2,1-2H3. The van der Waals surface area contributed by atoms with Crippen LogP contribution in [0.15, 0.2) is 0 Å². The van der Waals surface area contributed by atoms with Gasteiger partial charge in [0.25, 0.3) is 0 Å². The molecule has 102 valence electrons. The predicted molar refractivity (Wildman–Crippen MR) is 56.3 cm³/mol. The second-order valence-corrected chi connectivity index (χ2v) is 3.29. The summed E-state index contributed by atoms with van der Waals surface area (Å²) in [6.07, 6.45) is -5.11. The van der Waals surface area contributed by atoms with Crippen molar-refractivity contribution in [2.24, 2.45) is 5.73 Å². The van der Waals surface area contributed by atoms with Crippen LogP contribution in [0.1, 0.15) is 33.6 Å². The van der Waals surface area contributed by atoms with Crippen molar-refractivity contribution in [2.45, 2.75) is 45.8 Å². The maximum atomic E-state index is 11.5. The first-order chi connectivity index (χ1) is 7.65. The minimum Gasteiger partial charge on any atom is -0.466 e. The Bertz CT molecular complexity index is 239. The number of esters is 1. The third kappa shape index (κ3) is 12.8. The maximum absolute atomic E-state index is 11.5. The Hall–Kier alpha value is -1.11. The van der Waals surface area contributed by atoms with Gasteiger partial charge in [0.2, 0.25) is 5.78 Å². The normalized spacial score (nSPS) is 12.2. The van der Waals surface area contributed by atoms with Crippen molar-refractivity contribution in [3.8, 4) is 0 Å². The van der Waals surface area contributed by atoms with Crippen molar-refractivity contribution < 1.29 is 27.5 Å². The van der Waals surface area contributed by atoms with Crippen molar-refractivity contribution in [3.05, 3.63) is 0 Å². The molecule has 4 nitrogen and oxygen atoms in total. The molecule has 0 aromatic rings. The van der Waals surface area contributed by atoms with Crippen molar-refractivity contribution in [3.63, 3.8) is 0 Å². The first-order valence-corrected chi connectivity index (χ1v) is 5.16. The largest absolute Gasteiger partial charge is 0.466 e. The summed E-state index contributed by atoms with van der Waals surface area (Å²) in [5, 5.41) is 0. The summed E-state index contributed by atoms with van der Waals surface area (Å²) in [5.74, 6) is -3.24. The number of ether oxygens (including phenoxy) is 1. The molecule has 2 N–H and O–H groups in total. The molecule has 1 atom stereocenters. The third-order valence-electron chi connectivity index (χ3n) is 1.57. The lowest BCUT2D eigenvalue weighted by Gasteiger charge is -2.03. The summed E-state index contributed by atoms with van der Waals surface area (Å²) in [7, 11) is 0. The molecule has 7 heteroatoms. The van der Waals surface area contributed by atoms with E-state index in [4.69, 9.17) is 5.73 Å². The number of nitrogens with two attached hydrogens (primary N) is 1. The molecule has 0 aliphatic heterocycles. The molecule has 0 saturated heterocycles. The van der Waals surface area contributed by atoms with Gasteiger partial charge in [-0.05, 0) is 20.3 Å². The Morgan fingerprint density at radius 3 is 1.94 bits per heavy atom. The van der Waals surface area contributed by atoms with Gasteiger partial charge in [0, 0.05) is 6.04 Å². The molecule has 0 fully saturated rings. The molecule has 0 bridgehead atoms. The highest BCUT2D eigenvalue weighted by Crippen LogP contribution is 2.17. The van der Waals surface area contributed by atoms with E-state index in [-0.39, 0.29) is 6.61 Å². The molecular weight excluding hydrogens is 239 g/mol. The number of rotatable bonds is 4. The zero-order chi connectivity index (χ0) is 14.1. The van der Waals surface area contributed by atoms with Gasteiger partial charge in [-0.1, -0.05) is 6.92 Å². The fourth-order valence-corrected chi connectivity index (χ4v) is 0.443. The van der Waals surface area contributed by atoms with Gasteiger partial charge in [-0.15, -0.1) is 0 Å². The molecule has 0 aliphatic rings. The number of ketones is 1. The SMILES string of the molecule is CCC(C)N.CCOC(=O)CC(=O)C(F)(F)F. The number of halogens is 3. The summed E-state index contributed by atoms with van der Waals surface area (Å²) in [4.78, 5) is 20.5. The van der Waals surface area contributed by atoms with Gasteiger partial charge in [0.05, 0.1) is 6.61 Å². The van der Waals surface area contributed by atoms with Crippen LogP contribution < -0.4 is 5.73 Å². The molecule has 17 heavy (non-hydrogen) atoms. The molecule has 0 aromatic heterocycles. The van der Waals surface area contributed by atoms with Crippen LogP contribution in [0.25, 0.3) is 0 Å². The van der Waals surface area contributed by atoms with Crippen molar-refractivity contribution in [1.29, 1.82) is 0 Å². The molecule has 0 rings (SSSR count). The van der Waals surface area contributed by atoms with E-state index >= 15 is 0 Å². The minimum atomic E-state index is -4.95. The van der Waals surface area contributed by atoms with E-state index in [1.165, 1.54) is 6.92 Å². The molecule has 0 radical (unpaired) electrons. The van der Waals surface area contributed by atoms with E-state index in [0.29, 0.717) is 6.04 Å². The Morgan fingerprint density at radius 2 is 1.71 bits per heavy atom. The van der Waals surface area contributed by atoms with Gasteiger partial charge >= 0.3 is 12.1 Å². The molecule has 0 aromatic carbocycles. The van der Waals surface area contributed by atoms with E-state index < -0.39 is 24.3 Å². The zero-order valence-electron chi connectivity index (χ0n) is 10.1. The van der Waals surface area contributed by atoms with Crippen LogP contribution >= 0.6 is 0 Å². The topological polar surface area (TPSA) is 69.4 Å². The number of carbonyl (C=O) groups excluding carboxylic acids is 2. The second kappa shape index (κ2) is 8.98. The second-order valence-electron chi connectivity index (χ2n) is 3.29. The summed E-state index contributed by atoms with van der Waals surface area (Å²) in [6, 6.07) is 0.384. The average molecular weight is 257 g/mol. The van der Waals surface area contributed by atoms with Crippen LogP contribution in [0.5, 0.6) is 0 Å². The Labute approximate surface area is 98.3 Å². The highest BCUT2D eigenvalue weighted by atomic mass is 19.4. The first kappa shape index (κ1) is 18.3. The van der Waals surface area contributed by atoms with Crippen LogP contribution in [0.2, 0.25) is 0 Å². The predicted octanol–water partition coefficient (Wildman–Crippen LogP) is 1.81. The molecule has 0 heterocycles. The molecule has 1 unspecified atom stereocenters. The summed E-state index contributed by atoms with van der Waals surface area (Å²) >= 11 is 0. The van der Waals surface area contributed by atoms with Gasteiger partial charge in [-0.3, -0.25) is 9.59 Å². The van der Waals surface area contributed by atoms with Crippen molar-refractivity contribution in [2.75, 3.05) is 6.61 Å². The number of Topliss-reactive ketones (excluding diaryl/α,β-unsaturated/α-hetero) is 1. The fraction of sp³-hybridized carbons (Fsp3) is 0.800. The van der Waals surface area contributed by atoms with Crippen LogP contribution in [0.3, 0.4) is 0 Å². The minimum absolute atomic E-state index is 0.0377. The number of hydrogen-bond acceptors (Lipinski definition) is 4. The number of hydrogen-bond donors (Lipinski definition) is 1. The van der Waals surface area contributed by atoms with E-state index in [2.05, 4.69) is 11.7 Å². The third-order valence-corrected chi connectivity index (χ3v) is 1.57. The summed E-state index contributed by atoms with van der Waals surface area (Å²) < 4.78 is 38.6. The zero-order valence-corrected chi connectivity index (χ0v) is 10.1. The Balaban J connectivity index is 0. The fourth-order valence-electron chi connectivity index (χ4n) is 0.443. The van der Waals surface area contributed by atoms with Gasteiger partial charge < -0.3 is 10.5 Å². The Kier molecular flexibility index (Phi) is 9.64. The lowest BCUT2D eigenvalue weighted by molar-refractivity contribution is -0.174. The smallest absolute Gasteiger partial charge is 0.450 e. The van der Waals surface area contributed by atoms with Crippen LogP contribution in [-0.2, 0) is 14.3 Å². The summed E-state index contributed by atoms with van der Waals surface area (Å²) in [5.41, 5.74) is 5.29. The lowest BCUT2D eigenvalue weighted by Crippen LogP contribution is -2.26. The van der Waals surface area contributed by atoms with E-state index in [1.807, 2.05) is 6.92 Å². The van der Waals surface area contributed by atoms with E-state index in [0.717, 1.165) is 6.42 Å². The number of carbonyl (C=O) groups is 2. The number of alkyl halides is 3. The van der Waals surface area contributed by atoms with Crippen LogP contribution in [0.4, 0.5) is 13.2 Å². The van der Waals surface area contributed by atoms with Crippen LogP contribution in [-0.4, -0.2) is 30.6 Å². The molecule has 0 spiro atoms. The summed E-state index contributed by atoms with van der Waals surface area (Å²) in [6.45, 7) is 5.48. The molecular formula is C10H18F3NO3. The van der Waals surface area contributed by atoms with E-state index in [9.17, 15) is 22.8 Å². The van der Waals surface area contributed by atoms with Gasteiger partial charge in [-0.25, -0.2) is 0 Å². The van der Waals surface area contributed by atoms with Crippen molar-refractivity contribution >= 4 is 11.8 Å². The highest BCUT2D eigenvalue weighted by molar-refractivity contribution is 5.98. The van der Waals surface area contributed by atoms with Crippen molar-refractivity contribution in [1.82, 2.24) is 0 Å². The van der Waals surface area contributed by atoms with Crippen LogP contribution in [0, 0.1) is 0 Å². The molecule has 0 saturated carbocycles. The van der Waals surface area contributed by atoms with Gasteiger partial charge in [-0.2, -0.15) is 13.2 Å². The quantitative estimate of drug-likeness (QED) is 0.616.